The van der Waals surface area contributed by atoms with Crippen molar-refractivity contribution in [1.29, 1.82) is 0 Å². The van der Waals surface area contributed by atoms with Gasteiger partial charge in [-0.15, -0.1) is 18.5 Å². The molecule has 0 fully saturated rings. The summed E-state index contributed by atoms with van der Waals surface area (Å²) in [6.07, 6.45) is 0. The molecule has 2 unspecified atom stereocenters. The zero-order chi connectivity index (χ0) is 19.4. The average molecular weight is 398 g/mol. The first-order valence-corrected chi connectivity index (χ1v) is 8.81. The lowest BCUT2D eigenvalue weighted by Crippen LogP contribution is -2.12. The van der Waals surface area contributed by atoms with Crippen molar-refractivity contribution in [2.75, 3.05) is 42.7 Å². The number of hydrogen-bond donors (Lipinski definition) is 0. The molecule has 0 spiro atoms. The van der Waals surface area contributed by atoms with Gasteiger partial charge in [0.15, 0.2) is 23.0 Å². The highest BCUT2D eigenvalue weighted by molar-refractivity contribution is 7.29. The molecule has 0 aliphatic rings. The minimum Gasteiger partial charge on any atom is -0.493 e. The van der Waals surface area contributed by atoms with Crippen LogP contribution in [0.5, 0.6) is 34.5 Å². The van der Waals surface area contributed by atoms with E-state index in [1.807, 2.05) is 12.1 Å². The molecule has 8 heteroatoms. The maximum absolute atomic E-state index is 5.67. The molecule has 0 saturated heterocycles. The van der Waals surface area contributed by atoms with Crippen molar-refractivity contribution in [2.24, 2.45) is 0 Å². The molecular weight excluding hydrogens is 374 g/mol. The molecule has 0 heterocycles. The molecule has 142 valence electrons. The van der Waals surface area contributed by atoms with Crippen molar-refractivity contribution in [3.05, 3.63) is 12.1 Å². The van der Waals surface area contributed by atoms with Gasteiger partial charge >= 0.3 is 0 Å². The fourth-order valence-electron chi connectivity index (χ4n) is 2.87. The third-order valence-electron chi connectivity index (χ3n) is 3.97. The van der Waals surface area contributed by atoms with Crippen LogP contribution >= 0.6 is 18.5 Å². The summed E-state index contributed by atoms with van der Waals surface area (Å²) in [6.45, 7) is 0. The predicted octanol–water partition coefficient (Wildman–Crippen LogP) is 2.41. The van der Waals surface area contributed by atoms with Crippen molar-refractivity contribution >= 4 is 29.1 Å². The monoisotopic (exact) mass is 398 g/mol. The minimum atomic E-state index is 0.498. The van der Waals surface area contributed by atoms with Gasteiger partial charge < -0.3 is 28.4 Å². The van der Waals surface area contributed by atoms with E-state index in [1.165, 1.54) is 0 Å². The largest absolute Gasteiger partial charge is 0.493 e. The van der Waals surface area contributed by atoms with Crippen molar-refractivity contribution in [3.63, 3.8) is 0 Å². The lowest BCUT2D eigenvalue weighted by Gasteiger charge is -2.23. The van der Waals surface area contributed by atoms with Crippen LogP contribution in [0.2, 0.25) is 0 Å². The first-order valence-electron chi connectivity index (χ1n) is 7.66. The van der Waals surface area contributed by atoms with Gasteiger partial charge in [-0.3, -0.25) is 0 Å². The standard InChI is InChI=1S/C18H24O6P2/c1-19-9-7-11(25)13(17(23-5)15(9)21-3)14-12(26)8-10(20-2)16(22-4)18(14)24-6/h7-8H,25-26H2,1-6H3. The van der Waals surface area contributed by atoms with E-state index in [0.717, 1.165) is 21.7 Å². The molecule has 0 aliphatic heterocycles. The van der Waals surface area contributed by atoms with Crippen LogP contribution < -0.4 is 39.0 Å². The van der Waals surface area contributed by atoms with Crippen LogP contribution in [-0.2, 0) is 0 Å². The summed E-state index contributed by atoms with van der Waals surface area (Å²) in [5.74, 6) is 3.21. The van der Waals surface area contributed by atoms with Gasteiger partial charge in [0.1, 0.15) is 0 Å². The van der Waals surface area contributed by atoms with Gasteiger partial charge in [-0.25, -0.2) is 0 Å². The predicted molar refractivity (Wildman–Crippen MR) is 110 cm³/mol. The zero-order valence-corrected chi connectivity index (χ0v) is 18.1. The highest BCUT2D eigenvalue weighted by atomic mass is 31.0. The van der Waals surface area contributed by atoms with Gasteiger partial charge in [-0.1, -0.05) is 0 Å². The van der Waals surface area contributed by atoms with Crippen molar-refractivity contribution in [1.82, 2.24) is 0 Å². The minimum absolute atomic E-state index is 0.498. The molecule has 0 bridgehead atoms. The fourth-order valence-corrected chi connectivity index (χ4v) is 3.72. The first-order chi connectivity index (χ1) is 12.5. The summed E-state index contributed by atoms with van der Waals surface area (Å²) in [7, 11) is 14.9. The third-order valence-corrected chi connectivity index (χ3v) is 4.88. The van der Waals surface area contributed by atoms with E-state index in [0.29, 0.717) is 34.5 Å². The van der Waals surface area contributed by atoms with E-state index in [4.69, 9.17) is 28.4 Å². The van der Waals surface area contributed by atoms with Gasteiger partial charge in [0.05, 0.1) is 42.7 Å². The van der Waals surface area contributed by atoms with Gasteiger partial charge in [-0.2, -0.15) is 0 Å². The molecule has 2 aromatic rings. The molecule has 2 atom stereocenters. The highest BCUT2D eigenvalue weighted by Crippen LogP contribution is 2.50. The second kappa shape index (κ2) is 8.66. The van der Waals surface area contributed by atoms with Crippen LogP contribution in [0.1, 0.15) is 0 Å². The summed E-state index contributed by atoms with van der Waals surface area (Å²) in [5, 5.41) is 1.71. The summed E-state index contributed by atoms with van der Waals surface area (Å²) in [5.41, 5.74) is 1.58. The number of ether oxygens (including phenoxy) is 6. The van der Waals surface area contributed by atoms with Crippen LogP contribution in [0.25, 0.3) is 11.1 Å². The lowest BCUT2D eigenvalue weighted by molar-refractivity contribution is 0.323. The topological polar surface area (TPSA) is 55.4 Å². The summed E-state index contributed by atoms with van der Waals surface area (Å²) >= 11 is 0. The van der Waals surface area contributed by atoms with Crippen LogP contribution in [0.4, 0.5) is 0 Å². The Kier molecular flexibility index (Phi) is 6.80. The fraction of sp³-hybridized carbons (Fsp3) is 0.333. The van der Waals surface area contributed by atoms with E-state index in [2.05, 4.69) is 18.5 Å². The van der Waals surface area contributed by atoms with Crippen molar-refractivity contribution in [3.8, 4) is 45.6 Å². The molecule has 0 N–H and O–H groups in total. The van der Waals surface area contributed by atoms with E-state index in [1.54, 1.807) is 42.7 Å². The summed E-state index contributed by atoms with van der Waals surface area (Å²) < 4.78 is 33.2. The molecular formula is C18H24O6P2. The Morgan fingerprint density at radius 3 is 1.04 bits per heavy atom. The van der Waals surface area contributed by atoms with Crippen LogP contribution in [-0.4, -0.2) is 42.7 Å². The number of rotatable bonds is 7. The highest BCUT2D eigenvalue weighted by Gasteiger charge is 2.27. The molecule has 0 aliphatic carbocycles. The Bertz CT molecular complexity index is 740. The number of hydrogen-bond acceptors (Lipinski definition) is 6. The maximum atomic E-state index is 5.67. The van der Waals surface area contributed by atoms with E-state index < -0.39 is 0 Å². The maximum Gasteiger partial charge on any atom is 0.203 e. The van der Waals surface area contributed by atoms with E-state index in [-0.39, 0.29) is 0 Å². The Balaban J connectivity index is 2.97. The third kappa shape index (κ3) is 3.36. The molecule has 2 aromatic carbocycles. The average Bonchev–Trinajstić information content (AvgIpc) is 2.66. The molecule has 0 saturated carbocycles. The quantitative estimate of drug-likeness (QED) is 0.668. The molecule has 2 rings (SSSR count). The Labute approximate surface area is 158 Å². The number of benzene rings is 2. The molecule has 0 radical (unpaired) electrons. The SMILES string of the molecule is COc1cc(P)c(-c2c(P)cc(OC)c(OC)c2OC)c(OC)c1OC. The Morgan fingerprint density at radius 2 is 0.808 bits per heavy atom. The smallest absolute Gasteiger partial charge is 0.203 e. The second-order valence-electron chi connectivity index (χ2n) is 5.22. The summed E-state index contributed by atoms with van der Waals surface area (Å²) in [6, 6.07) is 3.73. The summed E-state index contributed by atoms with van der Waals surface area (Å²) in [4.78, 5) is 0. The lowest BCUT2D eigenvalue weighted by atomic mass is 10.0. The van der Waals surface area contributed by atoms with Gasteiger partial charge in [0, 0.05) is 11.1 Å². The Morgan fingerprint density at radius 1 is 0.500 bits per heavy atom. The Hall–Kier alpha value is -1.90. The van der Waals surface area contributed by atoms with Gasteiger partial charge in [-0.05, 0) is 22.7 Å². The first kappa shape index (κ1) is 20.4. The van der Waals surface area contributed by atoms with Crippen LogP contribution in [0.15, 0.2) is 12.1 Å². The van der Waals surface area contributed by atoms with Crippen LogP contribution in [0.3, 0.4) is 0 Å². The van der Waals surface area contributed by atoms with E-state index in [9.17, 15) is 0 Å². The van der Waals surface area contributed by atoms with Crippen molar-refractivity contribution in [2.45, 2.75) is 0 Å². The van der Waals surface area contributed by atoms with Crippen molar-refractivity contribution < 1.29 is 28.4 Å². The molecule has 0 aromatic heterocycles. The zero-order valence-electron chi connectivity index (χ0n) is 15.8. The molecule has 6 nitrogen and oxygen atoms in total. The molecule has 26 heavy (non-hydrogen) atoms. The second-order valence-corrected chi connectivity index (χ2v) is 6.46. The van der Waals surface area contributed by atoms with Gasteiger partial charge in [0.25, 0.3) is 0 Å². The normalized spacial score (nSPS) is 10.3. The van der Waals surface area contributed by atoms with Gasteiger partial charge in [0.2, 0.25) is 11.5 Å². The van der Waals surface area contributed by atoms with Crippen LogP contribution in [0, 0.1) is 0 Å². The van der Waals surface area contributed by atoms with E-state index >= 15 is 0 Å². The number of methoxy groups -OCH3 is 6. The molecule has 0 amide bonds.